The second kappa shape index (κ2) is 12.7. The molecule has 0 amide bonds. The number of aliphatic hydroxyl groups excluding tert-OH is 1. The molecule has 0 saturated carbocycles. The van der Waals surface area contributed by atoms with Crippen molar-refractivity contribution in [2.24, 2.45) is 0 Å². The molecule has 1 fully saturated rings. The maximum atomic E-state index is 15.5. The van der Waals surface area contributed by atoms with E-state index in [0.29, 0.717) is 0 Å². The van der Waals surface area contributed by atoms with Crippen LogP contribution in [0.5, 0.6) is 5.75 Å². The maximum absolute atomic E-state index is 15.5. The fourth-order valence-electron chi connectivity index (χ4n) is 3.99. The third kappa shape index (κ3) is 6.75. The molecule has 40 heavy (non-hydrogen) atoms. The van der Waals surface area contributed by atoms with E-state index in [0.717, 1.165) is 34.2 Å². The molecule has 1 saturated heterocycles. The SMILES string of the molecule is CC(C(=O)OCc1ccccc1)N(Oc1ccccc1)[PH](=O)OC[C@H]1O[C@@H](n2ccc(=O)[nH]c2=O)[C@](C)(F)[C@@H]1O. The molecule has 3 aromatic rings. The van der Waals surface area contributed by atoms with Gasteiger partial charge < -0.3 is 23.9 Å². The number of carbonyl (C=O) groups is 1. The van der Waals surface area contributed by atoms with E-state index in [2.05, 4.69) is 0 Å². The molecule has 1 aromatic heterocycles. The number of aromatic nitrogens is 2. The average Bonchev–Trinajstić information content (AvgIpc) is 3.17. The van der Waals surface area contributed by atoms with Gasteiger partial charge in [-0.25, -0.2) is 9.18 Å². The number of aromatic amines is 1. The van der Waals surface area contributed by atoms with Gasteiger partial charge in [0.15, 0.2) is 11.9 Å². The summed E-state index contributed by atoms with van der Waals surface area (Å²) in [5.74, 6) is -0.481. The van der Waals surface area contributed by atoms with E-state index in [1.165, 1.54) is 6.92 Å². The van der Waals surface area contributed by atoms with Crippen LogP contribution in [0.25, 0.3) is 0 Å². The van der Waals surface area contributed by atoms with Gasteiger partial charge in [-0.1, -0.05) is 53.4 Å². The number of hydrogen-bond acceptors (Lipinski definition) is 9. The van der Waals surface area contributed by atoms with E-state index < -0.39 is 62.2 Å². The van der Waals surface area contributed by atoms with Gasteiger partial charge in [-0.3, -0.25) is 23.7 Å². The number of carbonyl (C=O) groups excluding carboxylic acids is 1. The average molecular weight is 578 g/mol. The second-order valence-corrected chi connectivity index (χ2v) is 10.5. The largest absolute Gasteiger partial charge is 0.460 e. The highest BCUT2D eigenvalue weighted by atomic mass is 31.1. The highest BCUT2D eigenvalue weighted by molar-refractivity contribution is 7.36. The van der Waals surface area contributed by atoms with Gasteiger partial charge in [0.1, 0.15) is 30.6 Å². The van der Waals surface area contributed by atoms with Gasteiger partial charge in [0, 0.05) is 12.3 Å². The third-order valence-electron chi connectivity index (χ3n) is 6.24. The summed E-state index contributed by atoms with van der Waals surface area (Å²) in [6.45, 7) is 1.85. The predicted octanol–water partition coefficient (Wildman–Crippen LogP) is 2.36. The van der Waals surface area contributed by atoms with E-state index in [-0.39, 0.29) is 12.4 Å². The molecule has 0 bridgehead atoms. The Kier molecular flexibility index (Phi) is 9.33. The second-order valence-electron chi connectivity index (χ2n) is 9.22. The van der Waals surface area contributed by atoms with Crippen molar-refractivity contribution < 1.29 is 37.7 Å². The molecule has 0 aliphatic carbocycles. The molecular formula is C26H29FN3O9P. The van der Waals surface area contributed by atoms with Crippen molar-refractivity contribution in [2.45, 2.75) is 50.6 Å². The number of benzene rings is 2. The summed E-state index contributed by atoms with van der Waals surface area (Å²) in [5.41, 5.74) is -3.34. The van der Waals surface area contributed by atoms with Crippen LogP contribution in [0, 0.1) is 0 Å². The van der Waals surface area contributed by atoms with Crippen LogP contribution in [0.2, 0.25) is 0 Å². The molecule has 1 aliphatic heterocycles. The number of H-pyrrole nitrogens is 1. The van der Waals surface area contributed by atoms with Crippen LogP contribution in [-0.4, -0.2) is 56.0 Å². The van der Waals surface area contributed by atoms with Crippen molar-refractivity contribution in [1.82, 2.24) is 14.4 Å². The van der Waals surface area contributed by atoms with Gasteiger partial charge >= 0.3 is 11.7 Å². The Bertz CT molecular complexity index is 1430. The van der Waals surface area contributed by atoms with E-state index in [9.17, 15) is 24.1 Å². The lowest BCUT2D eigenvalue weighted by Crippen LogP contribution is -2.43. The molecule has 1 aliphatic rings. The Morgan fingerprint density at radius 2 is 1.82 bits per heavy atom. The number of nitrogens with zero attached hydrogens (tertiary/aromatic N) is 2. The number of ether oxygens (including phenoxy) is 2. The third-order valence-corrected chi connectivity index (χ3v) is 7.49. The minimum atomic E-state index is -3.36. The molecule has 2 aromatic carbocycles. The van der Waals surface area contributed by atoms with Crippen LogP contribution in [0.15, 0.2) is 82.5 Å². The lowest BCUT2D eigenvalue weighted by molar-refractivity contribution is -0.156. The summed E-state index contributed by atoms with van der Waals surface area (Å²) in [4.78, 5) is 44.9. The zero-order chi connectivity index (χ0) is 28.9. The van der Waals surface area contributed by atoms with Crippen molar-refractivity contribution in [2.75, 3.05) is 6.61 Å². The van der Waals surface area contributed by atoms with Crippen LogP contribution in [0.3, 0.4) is 0 Å². The van der Waals surface area contributed by atoms with Gasteiger partial charge in [-0.2, -0.15) is 0 Å². The highest BCUT2D eigenvalue weighted by Crippen LogP contribution is 2.42. The molecule has 2 heterocycles. The van der Waals surface area contributed by atoms with Crippen LogP contribution < -0.4 is 16.1 Å². The van der Waals surface area contributed by atoms with E-state index >= 15 is 4.39 Å². The van der Waals surface area contributed by atoms with Crippen molar-refractivity contribution >= 4 is 14.1 Å². The fourth-order valence-corrected chi connectivity index (χ4v) is 5.03. The fraction of sp³-hybridized carbons (Fsp3) is 0.346. The molecular weight excluding hydrogens is 548 g/mol. The number of hydrogen-bond donors (Lipinski definition) is 2. The standard InChI is InChI=1S/C26H29FN3O9P/c1-17(23(33)36-15-18-9-5-3-6-10-18)30(39-19-11-7-4-8-12-19)40(35)37-16-20-22(32)26(2,27)24(38-20)29-14-13-21(31)28-25(29)34/h3-14,17,20,22,24,32,40H,15-16H2,1-2H3,(H,28,31,34)/t17?,20-,22-,24-,26-/m1/s1. The summed E-state index contributed by atoms with van der Waals surface area (Å²) in [6, 6.07) is 17.0. The highest BCUT2D eigenvalue weighted by Gasteiger charge is 2.55. The molecule has 2 unspecified atom stereocenters. The van der Waals surface area contributed by atoms with Gasteiger partial charge in [0.25, 0.3) is 13.7 Å². The lowest BCUT2D eigenvalue weighted by Gasteiger charge is -2.27. The Balaban J connectivity index is 1.46. The molecule has 214 valence electrons. The minimum absolute atomic E-state index is 0.0202. The smallest absolute Gasteiger partial charge is 0.330 e. The number of rotatable bonds is 11. The Morgan fingerprint density at radius 1 is 1.18 bits per heavy atom. The van der Waals surface area contributed by atoms with Crippen LogP contribution in [-0.2, 0) is 30.0 Å². The number of para-hydroxylation sites is 1. The van der Waals surface area contributed by atoms with Crippen molar-refractivity contribution in [3.05, 3.63) is 99.3 Å². The predicted molar refractivity (Wildman–Crippen MR) is 140 cm³/mol. The normalized spacial score (nSPS) is 24.0. The topological polar surface area (TPSA) is 149 Å². The Morgan fingerprint density at radius 3 is 2.48 bits per heavy atom. The molecule has 12 nitrogen and oxygen atoms in total. The number of alkyl halides is 1. The Labute approximate surface area is 228 Å². The number of halogens is 1. The summed E-state index contributed by atoms with van der Waals surface area (Å²) in [5, 5.41) is 10.6. The van der Waals surface area contributed by atoms with Crippen LogP contribution >= 0.6 is 8.18 Å². The summed E-state index contributed by atoms with van der Waals surface area (Å²) >= 11 is 0. The zero-order valence-electron chi connectivity index (χ0n) is 21.6. The van der Waals surface area contributed by atoms with Gasteiger partial charge in [0.05, 0.1) is 6.61 Å². The lowest BCUT2D eigenvalue weighted by atomic mass is 9.98. The van der Waals surface area contributed by atoms with E-state index in [1.807, 2.05) is 11.1 Å². The first-order valence-electron chi connectivity index (χ1n) is 12.3. The quantitative estimate of drug-likeness (QED) is 0.198. The molecule has 0 spiro atoms. The van der Waals surface area contributed by atoms with Gasteiger partial charge in [-0.15, -0.1) is 0 Å². The molecule has 6 atom stereocenters. The monoisotopic (exact) mass is 577 g/mol. The van der Waals surface area contributed by atoms with Crippen LogP contribution in [0.1, 0.15) is 25.6 Å². The van der Waals surface area contributed by atoms with Crippen molar-refractivity contribution in [3.63, 3.8) is 0 Å². The first-order chi connectivity index (χ1) is 19.1. The number of esters is 1. The zero-order valence-corrected chi connectivity index (χ0v) is 22.6. The summed E-state index contributed by atoms with van der Waals surface area (Å²) < 4.78 is 45.9. The first-order valence-corrected chi connectivity index (χ1v) is 13.6. The number of nitrogens with one attached hydrogen (secondary N) is 1. The van der Waals surface area contributed by atoms with Crippen LogP contribution in [0.4, 0.5) is 4.39 Å². The van der Waals surface area contributed by atoms with Crippen molar-refractivity contribution in [1.29, 1.82) is 0 Å². The first kappa shape index (κ1) is 29.4. The van der Waals surface area contributed by atoms with Gasteiger partial charge in [0.2, 0.25) is 0 Å². The summed E-state index contributed by atoms with van der Waals surface area (Å²) in [7, 11) is -3.36. The molecule has 0 radical (unpaired) electrons. The van der Waals surface area contributed by atoms with E-state index in [4.69, 9.17) is 18.8 Å². The molecule has 2 N–H and O–H groups in total. The number of aliphatic hydroxyl groups is 1. The molecule has 14 heteroatoms. The maximum Gasteiger partial charge on any atom is 0.330 e. The van der Waals surface area contributed by atoms with Crippen molar-refractivity contribution in [3.8, 4) is 5.75 Å². The number of hydroxylamine groups is 1. The molecule has 4 rings (SSSR count). The summed E-state index contributed by atoms with van der Waals surface area (Å²) in [6.07, 6.45) is -3.71. The minimum Gasteiger partial charge on any atom is -0.460 e. The Hall–Kier alpha value is -3.61. The van der Waals surface area contributed by atoms with E-state index in [1.54, 1.807) is 54.6 Å². The van der Waals surface area contributed by atoms with Gasteiger partial charge in [-0.05, 0) is 31.5 Å².